The minimum Gasteiger partial charge on any atom is -0.382 e. The molecule has 1 amide bonds. The molecule has 1 unspecified atom stereocenters. The van der Waals surface area contributed by atoms with E-state index in [1.807, 2.05) is 0 Å². The Morgan fingerprint density at radius 3 is 2.46 bits per heavy atom. The number of nitrogens with two attached hydrogens (primary N) is 1. The Morgan fingerprint density at radius 1 is 1.21 bits per heavy atom. The number of carbonyl (C=O) groups excluding carboxylic acids is 1. The van der Waals surface area contributed by atoms with Gasteiger partial charge in [0, 0.05) is 19.0 Å². The van der Waals surface area contributed by atoms with Gasteiger partial charge in [-0.2, -0.15) is 13.2 Å². The highest BCUT2D eigenvalue weighted by Gasteiger charge is 2.29. The number of benzene rings is 1. The smallest absolute Gasteiger partial charge is 0.382 e. The normalized spacial score (nSPS) is 17.8. The van der Waals surface area contributed by atoms with Gasteiger partial charge in [0.2, 0.25) is 0 Å². The second kappa shape index (κ2) is 10.7. The molecule has 5 nitrogen and oxygen atoms in total. The first-order chi connectivity index (χ1) is 13.3. The Hall–Kier alpha value is -1.80. The van der Waals surface area contributed by atoms with Crippen molar-refractivity contribution in [2.45, 2.75) is 69.7 Å². The summed E-state index contributed by atoms with van der Waals surface area (Å²) in [5.74, 6) is -0.289. The lowest BCUT2D eigenvalue weighted by Gasteiger charge is -2.30. The van der Waals surface area contributed by atoms with Crippen LogP contribution in [0.1, 0.15) is 51.4 Å². The van der Waals surface area contributed by atoms with Gasteiger partial charge in [-0.25, -0.2) is 0 Å². The minimum atomic E-state index is -4.26. The third-order valence-corrected chi connectivity index (χ3v) is 5.16. The molecule has 1 aliphatic rings. The first kappa shape index (κ1) is 22.5. The van der Waals surface area contributed by atoms with Crippen molar-refractivity contribution < 1.29 is 23.1 Å². The van der Waals surface area contributed by atoms with Crippen LogP contribution in [-0.4, -0.2) is 35.9 Å². The summed E-state index contributed by atoms with van der Waals surface area (Å²) in [4.78, 5) is 12.5. The number of carbonyl (C=O) groups is 1. The minimum absolute atomic E-state index is 0.0279. The summed E-state index contributed by atoms with van der Waals surface area (Å²) >= 11 is 0. The average Bonchev–Trinajstić information content (AvgIpc) is 2.67. The van der Waals surface area contributed by atoms with Crippen LogP contribution in [0, 0.1) is 5.92 Å². The van der Waals surface area contributed by atoms with Crippen LogP contribution in [0.3, 0.4) is 0 Å². The SMILES string of the molecule is N[C@H](CC1CCCCC1)C(O)C(=O)NN(CCCC(F)(F)F)c1ccccc1. The van der Waals surface area contributed by atoms with E-state index in [9.17, 15) is 23.1 Å². The highest BCUT2D eigenvalue weighted by atomic mass is 19.4. The van der Waals surface area contributed by atoms with Crippen LogP contribution in [0.25, 0.3) is 0 Å². The zero-order valence-electron chi connectivity index (χ0n) is 16.0. The number of alkyl halides is 3. The molecule has 1 fully saturated rings. The molecule has 8 heteroatoms. The van der Waals surface area contributed by atoms with E-state index < -0.39 is 30.7 Å². The van der Waals surface area contributed by atoms with E-state index in [4.69, 9.17) is 5.73 Å². The quantitative estimate of drug-likeness (QED) is 0.553. The highest BCUT2D eigenvalue weighted by molar-refractivity contribution is 5.82. The molecule has 4 N–H and O–H groups in total. The Morgan fingerprint density at radius 2 is 1.86 bits per heavy atom. The fourth-order valence-electron chi connectivity index (χ4n) is 3.63. The molecule has 0 bridgehead atoms. The van der Waals surface area contributed by atoms with Crippen LogP contribution in [0.4, 0.5) is 18.9 Å². The van der Waals surface area contributed by atoms with Gasteiger partial charge in [0.1, 0.15) is 6.10 Å². The maximum Gasteiger partial charge on any atom is 0.389 e. The maximum absolute atomic E-state index is 12.5. The molecule has 2 atom stereocenters. The fraction of sp³-hybridized carbons (Fsp3) is 0.650. The van der Waals surface area contributed by atoms with Gasteiger partial charge in [0.25, 0.3) is 5.91 Å². The Bertz CT molecular complexity index is 592. The Balaban J connectivity index is 1.93. The van der Waals surface area contributed by atoms with Gasteiger partial charge in [-0.15, -0.1) is 0 Å². The van der Waals surface area contributed by atoms with Gasteiger partial charge < -0.3 is 10.8 Å². The van der Waals surface area contributed by atoms with Crippen molar-refractivity contribution in [2.75, 3.05) is 11.6 Å². The second-order valence-electron chi connectivity index (χ2n) is 7.53. The number of amides is 1. The van der Waals surface area contributed by atoms with Crippen molar-refractivity contribution in [3.8, 4) is 0 Å². The van der Waals surface area contributed by atoms with E-state index in [0.717, 1.165) is 25.7 Å². The molecular weight excluding hydrogens is 371 g/mol. The molecule has 158 valence electrons. The average molecular weight is 401 g/mol. The van der Waals surface area contributed by atoms with E-state index in [2.05, 4.69) is 5.43 Å². The first-order valence-electron chi connectivity index (χ1n) is 9.90. The lowest BCUT2D eigenvalue weighted by Crippen LogP contribution is -2.53. The number of nitrogens with zero attached hydrogens (tertiary/aromatic N) is 1. The van der Waals surface area contributed by atoms with E-state index in [-0.39, 0.29) is 13.0 Å². The molecule has 0 radical (unpaired) electrons. The van der Waals surface area contributed by atoms with Gasteiger partial charge in [-0.05, 0) is 30.9 Å². The number of hydrogen-bond acceptors (Lipinski definition) is 4. The van der Waals surface area contributed by atoms with Crippen molar-refractivity contribution in [2.24, 2.45) is 11.7 Å². The molecular formula is C20H30F3N3O2. The fourth-order valence-corrected chi connectivity index (χ4v) is 3.63. The summed E-state index contributed by atoms with van der Waals surface area (Å²) in [6.07, 6.45) is -0.636. The topological polar surface area (TPSA) is 78.6 Å². The zero-order valence-corrected chi connectivity index (χ0v) is 16.0. The lowest BCUT2D eigenvalue weighted by molar-refractivity contribution is -0.135. The summed E-state index contributed by atoms with van der Waals surface area (Å²) < 4.78 is 37.4. The molecule has 2 rings (SSSR count). The lowest BCUT2D eigenvalue weighted by atomic mass is 9.84. The predicted octanol–water partition coefficient (Wildman–Crippen LogP) is 3.53. The van der Waals surface area contributed by atoms with Crippen LogP contribution in [-0.2, 0) is 4.79 Å². The Labute approximate surface area is 164 Å². The zero-order chi connectivity index (χ0) is 20.6. The molecule has 1 aromatic carbocycles. The number of hydrazine groups is 1. The van der Waals surface area contributed by atoms with E-state index >= 15 is 0 Å². The van der Waals surface area contributed by atoms with Crippen LogP contribution in [0.2, 0.25) is 0 Å². The van der Waals surface area contributed by atoms with Gasteiger partial charge in [0.15, 0.2) is 0 Å². The van der Waals surface area contributed by atoms with Crippen LogP contribution in [0.5, 0.6) is 0 Å². The van der Waals surface area contributed by atoms with Crippen molar-refractivity contribution in [1.82, 2.24) is 5.43 Å². The maximum atomic E-state index is 12.5. The van der Waals surface area contributed by atoms with Crippen molar-refractivity contribution >= 4 is 11.6 Å². The van der Waals surface area contributed by atoms with Crippen molar-refractivity contribution in [3.05, 3.63) is 30.3 Å². The predicted molar refractivity (Wildman–Crippen MR) is 102 cm³/mol. The van der Waals surface area contributed by atoms with E-state index in [0.29, 0.717) is 18.0 Å². The number of aliphatic hydroxyl groups is 1. The molecule has 0 heterocycles. The molecule has 0 saturated heterocycles. The number of nitrogens with one attached hydrogen (secondary N) is 1. The van der Waals surface area contributed by atoms with Gasteiger partial charge >= 0.3 is 6.18 Å². The molecule has 1 aliphatic carbocycles. The Kier molecular flexibility index (Phi) is 8.57. The monoisotopic (exact) mass is 401 g/mol. The number of rotatable bonds is 9. The number of para-hydroxylation sites is 1. The molecule has 1 aromatic rings. The number of hydrogen-bond donors (Lipinski definition) is 3. The number of aliphatic hydroxyl groups excluding tert-OH is 1. The molecule has 28 heavy (non-hydrogen) atoms. The van der Waals surface area contributed by atoms with Crippen molar-refractivity contribution in [1.29, 1.82) is 0 Å². The van der Waals surface area contributed by atoms with E-state index in [1.165, 1.54) is 11.4 Å². The molecule has 1 saturated carbocycles. The third kappa shape index (κ3) is 7.67. The third-order valence-electron chi connectivity index (χ3n) is 5.16. The van der Waals surface area contributed by atoms with Gasteiger partial charge in [-0.3, -0.25) is 15.2 Å². The van der Waals surface area contributed by atoms with Crippen LogP contribution < -0.4 is 16.2 Å². The summed E-state index contributed by atoms with van der Waals surface area (Å²) in [5, 5.41) is 11.7. The summed E-state index contributed by atoms with van der Waals surface area (Å²) in [6.45, 7) is -0.0279. The summed E-state index contributed by atoms with van der Waals surface area (Å²) in [7, 11) is 0. The van der Waals surface area contributed by atoms with Crippen LogP contribution >= 0.6 is 0 Å². The first-order valence-corrected chi connectivity index (χ1v) is 9.90. The molecule has 0 spiro atoms. The molecule has 0 aromatic heterocycles. The highest BCUT2D eigenvalue weighted by Crippen LogP contribution is 2.27. The van der Waals surface area contributed by atoms with E-state index in [1.54, 1.807) is 30.3 Å². The summed E-state index contributed by atoms with van der Waals surface area (Å²) in [5.41, 5.74) is 9.12. The van der Waals surface area contributed by atoms with Crippen LogP contribution in [0.15, 0.2) is 30.3 Å². The largest absolute Gasteiger partial charge is 0.389 e. The van der Waals surface area contributed by atoms with Gasteiger partial charge in [0.05, 0.1) is 5.69 Å². The van der Waals surface area contributed by atoms with Gasteiger partial charge in [-0.1, -0.05) is 50.3 Å². The molecule has 0 aliphatic heterocycles. The number of halogens is 3. The standard InChI is InChI=1S/C20H30F3N3O2/c21-20(22,23)12-7-13-26(16-10-5-2-6-11-16)25-19(28)18(27)17(24)14-15-8-3-1-4-9-15/h2,5-6,10-11,15,17-18,27H,1,3-4,7-9,12-14,24H2,(H,25,28)/t17-,18?/m1/s1. The second-order valence-corrected chi connectivity index (χ2v) is 7.53. The number of anilines is 1. The summed E-state index contributed by atoms with van der Waals surface area (Å²) in [6, 6.07) is 7.89. The van der Waals surface area contributed by atoms with Crippen molar-refractivity contribution in [3.63, 3.8) is 0 Å².